The fourth-order valence-electron chi connectivity index (χ4n) is 3.70. The summed E-state index contributed by atoms with van der Waals surface area (Å²) in [6.07, 6.45) is 0.578. The predicted molar refractivity (Wildman–Crippen MR) is 121 cm³/mol. The van der Waals surface area contributed by atoms with Crippen LogP contribution in [0.15, 0.2) is 33.8 Å². The summed E-state index contributed by atoms with van der Waals surface area (Å²) in [6.45, 7) is 9.64. The van der Waals surface area contributed by atoms with E-state index in [9.17, 15) is 10.1 Å². The van der Waals surface area contributed by atoms with Crippen molar-refractivity contribution >= 4 is 40.1 Å². The third-order valence-electron chi connectivity index (χ3n) is 5.53. The van der Waals surface area contributed by atoms with Gasteiger partial charge in [-0.25, -0.2) is 0 Å². The Bertz CT molecular complexity index is 1360. The van der Waals surface area contributed by atoms with Crippen molar-refractivity contribution in [3.05, 3.63) is 52.3 Å². The lowest BCUT2D eigenvalue weighted by molar-refractivity contribution is -0.115. The van der Waals surface area contributed by atoms with E-state index < -0.39 is 5.25 Å². The standard InChI is InChI=1S/C23H23N5O2S/c1-6-18(21(29)25-22-17(11-24)14(4)15(5)30-22)31-23-27-26-19-10-13(3)16-9-7-8-12(2)20(16)28(19)23/h7-10,18H,6H2,1-5H3,(H,25,29). The van der Waals surface area contributed by atoms with Crippen molar-refractivity contribution in [1.29, 1.82) is 5.26 Å². The van der Waals surface area contributed by atoms with Crippen LogP contribution in [0.25, 0.3) is 16.6 Å². The van der Waals surface area contributed by atoms with E-state index in [4.69, 9.17) is 4.42 Å². The number of amides is 1. The summed E-state index contributed by atoms with van der Waals surface area (Å²) in [5, 5.41) is 22.3. The Labute approximate surface area is 184 Å². The van der Waals surface area contributed by atoms with Gasteiger partial charge in [-0.3, -0.25) is 14.5 Å². The number of carbonyl (C=O) groups is 1. The minimum absolute atomic E-state index is 0.199. The number of hydrogen-bond acceptors (Lipinski definition) is 6. The molecule has 3 aromatic heterocycles. The van der Waals surface area contributed by atoms with Gasteiger partial charge in [-0.1, -0.05) is 36.9 Å². The SMILES string of the molecule is CCC(Sc1nnc2cc(C)c3cccc(C)c3n12)C(=O)Nc1oc(C)c(C)c1C#N. The van der Waals surface area contributed by atoms with Gasteiger partial charge >= 0.3 is 0 Å². The normalized spacial score (nSPS) is 12.3. The molecule has 8 heteroatoms. The second-order valence-electron chi connectivity index (χ2n) is 7.58. The van der Waals surface area contributed by atoms with Crippen LogP contribution in [0, 0.1) is 39.0 Å². The monoisotopic (exact) mass is 433 g/mol. The zero-order valence-corrected chi connectivity index (χ0v) is 18.9. The first-order valence-corrected chi connectivity index (χ1v) is 10.9. The number of para-hydroxylation sites is 1. The van der Waals surface area contributed by atoms with Crippen molar-refractivity contribution in [2.75, 3.05) is 5.32 Å². The van der Waals surface area contributed by atoms with Crippen LogP contribution in [-0.2, 0) is 4.79 Å². The average molecular weight is 434 g/mol. The van der Waals surface area contributed by atoms with E-state index in [2.05, 4.69) is 47.6 Å². The number of aromatic nitrogens is 3. The number of carbonyl (C=O) groups excluding carboxylic acids is 1. The summed E-state index contributed by atoms with van der Waals surface area (Å²) in [4.78, 5) is 13.0. The summed E-state index contributed by atoms with van der Waals surface area (Å²) >= 11 is 1.36. The Morgan fingerprint density at radius 2 is 2.03 bits per heavy atom. The van der Waals surface area contributed by atoms with Crippen molar-refractivity contribution in [2.24, 2.45) is 0 Å². The van der Waals surface area contributed by atoms with Crippen LogP contribution in [0.4, 0.5) is 5.88 Å². The van der Waals surface area contributed by atoms with Crippen LogP contribution >= 0.6 is 11.8 Å². The first-order chi connectivity index (χ1) is 14.8. The third kappa shape index (κ3) is 3.55. The van der Waals surface area contributed by atoms with Crippen molar-refractivity contribution in [3.8, 4) is 6.07 Å². The topological polar surface area (TPSA) is 96.2 Å². The molecule has 1 aromatic carbocycles. The molecule has 1 atom stereocenters. The second kappa shape index (κ2) is 8.08. The largest absolute Gasteiger partial charge is 0.444 e. The van der Waals surface area contributed by atoms with E-state index >= 15 is 0 Å². The molecule has 158 valence electrons. The Hall–Kier alpha value is -3.31. The van der Waals surface area contributed by atoms with Gasteiger partial charge in [0.15, 0.2) is 10.8 Å². The van der Waals surface area contributed by atoms with Gasteiger partial charge in [-0.2, -0.15) is 5.26 Å². The molecule has 0 bridgehead atoms. The fourth-order valence-corrected chi connectivity index (χ4v) is 4.66. The van der Waals surface area contributed by atoms with Crippen LogP contribution in [0.2, 0.25) is 0 Å². The molecule has 0 saturated heterocycles. The molecule has 31 heavy (non-hydrogen) atoms. The first kappa shape index (κ1) is 20.9. The first-order valence-electron chi connectivity index (χ1n) is 10.1. The lowest BCUT2D eigenvalue weighted by Crippen LogP contribution is -2.25. The number of pyridine rings is 1. The van der Waals surface area contributed by atoms with Crippen molar-refractivity contribution in [2.45, 2.75) is 51.4 Å². The van der Waals surface area contributed by atoms with Gasteiger partial charge in [-0.15, -0.1) is 10.2 Å². The number of benzene rings is 1. The van der Waals surface area contributed by atoms with Gasteiger partial charge in [0.2, 0.25) is 11.8 Å². The van der Waals surface area contributed by atoms with Crippen LogP contribution in [0.1, 0.15) is 41.4 Å². The molecule has 0 aliphatic heterocycles. The van der Waals surface area contributed by atoms with Gasteiger partial charge < -0.3 is 4.42 Å². The molecule has 1 amide bonds. The number of aryl methyl sites for hydroxylation is 3. The summed E-state index contributed by atoms with van der Waals surface area (Å²) in [7, 11) is 0. The second-order valence-corrected chi connectivity index (χ2v) is 8.75. The number of nitrogens with one attached hydrogen (secondary N) is 1. The molecular formula is C23H23N5O2S. The lowest BCUT2D eigenvalue weighted by atomic mass is 10.1. The molecule has 4 aromatic rings. The van der Waals surface area contributed by atoms with Crippen LogP contribution < -0.4 is 5.32 Å². The highest BCUT2D eigenvalue weighted by atomic mass is 32.2. The minimum atomic E-state index is -0.426. The number of nitriles is 1. The van der Waals surface area contributed by atoms with Crippen LogP contribution in [0.5, 0.6) is 0 Å². The van der Waals surface area contributed by atoms with E-state index in [1.165, 1.54) is 11.8 Å². The third-order valence-corrected chi connectivity index (χ3v) is 6.84. The number of rotatable bonds is 5. The highest BCUT2D eigenvalue weighted by Crippen LogP contribution is 2.32. The fraction of sp³-hybridized carbons (Fsp3) is 0.304. The van der Waals surface area contributed by atoms with Crippen LogP contribution in [-0.4, -0.2) is 25.8 Å². The number of furan rings is 1. The Morgan fingerprint density at radius 3 is 2.74 bits per heavy atom. The van der Waals surface area contributed by atoms with Crippen molar-refractivity contribution in [1.82, 2.24) is 14.6 Å². The molecule has 0 saturated carbocycles. The van der Waals surface area contributed by atoms with Gasteiger partial charge in [0.1, 0.15) is 17.4 Å². The minimum Gasteiger partial charge on any atom is -0.444 e. The summed E-state index contributed by atoms with van der Waals surface area (Å²) < 4.78 is 7.61. The van der Waals surface area contributed by atoms with E-state index in [0.717, 1.165) is 33.2 Å². The summed E-state index contributed by atoms with van der Waals surface area (Å²) in [6, 6.07) is 10.3. The van der Waals surface area contributed by atoms with E-state index in [0.29, 0.717) is 22.9 Å². The highest BCUT2D eigenvalue weighted by Gasteiger charge is 2.25. The molecule has 7 nitrogen and oxygen atoms in total. The summed E-state index contributed by atoms with van der Waals surface area (Å²) in [5.41, 5.74) is 5.14. The van der Waals surface area contributed by atoms with Crippen molar-refractivity contribution in [3.63, 3.8) is 0 Å². The molecule has 0 fully saturated rings. The van der Waals surface area contributed by atoms with Gasteiger partial charge in [0.25, 0.3) is 0 Å². The summed E-state index contributed by atoms with van der Waals surface area (Å²) in [5.74, 6) is 0.584. The lowest BCUT2D eigenvalue weighted by Gasteiger charge is -2.14. The smallest absolute Gasteiger partial charge is 0.240 e. The van der Waals surface area contributed by atoms with E-state index in [1.54, 1.807) is 13.8 Å². The number of anilines is 1. The van der Waals surface area contributed by atoms with Gasteiger partial charge in [0.05, 0.1) is 10.8 Å². The molecule has 3 heterocycles. The Kier molecular flexibility index (Phi) is 5.46. The highest BCUT2D eigenvalue weighted by molar-refractivity contribution is 8.00. The zero-order chi connectivity index (χ0) is 22.3. The molecular weight excluding hydrogens is 410 g/mol. The molecule has 0 spiro atoms. The molecule has 4 rings (SSSR count). The van der Waals surface area contributed by atoms with E-state index in [-0.39, 0.29) is 11.8 Å². The Balaban J connectivity index is 1.70. The molecule has 0 aliphatic carbocycles. The Morgan fingerprint density at radius 1 is 1.26 bits per heavy atom. The van der Waals surface area contributed by atoms with Gasteiger partial charge in [-0.05, 0) is 51.3 Å². The number of thioether (sulfide) groups is 1. The maximum absolute atomic E-state index is 13.0. The molecule has 1 unspecified atom stereocenters. The molecule has 0 radical (unpaired) electrons. The predicted octanol–water partition coefficient (Wildman–Crippen LogP) is 5.09. The zero-order valence-electron chi connectivity index (χ0n) is 18.1. The van der Waals surface area contributed by atoms with Crippen LogP contribution in [0.3, 0.4) is 0 Å². The quantitative estimate of drug-likeness (QED) is 0.440. The van der Waals surface area contributed by atoms with Gasteiger partial charge in [0, 0.05) is 10.9 Å². The van der Waals surface area contributed by atoms with E-state index in [1.807, 2.05) is 23.5 Å². The maximum atomic E-state index is 13.0. The number of hydrogen-bond donors (Lipinski definition) is 1. The number of fused-ring (bicyclic) bond motifs is 3. The maximum Gasteiger partial charge on any atom is 0.240 e. The van der Waals surface area contributed by atoms with Crippen molar-refractivity contribution < 1.29 is 9.21 Å². The molecule has 1 N–H and O–H groups in total. The molecule has 0 aliphatic rings. The average Bonchev–Trinajstić information content (AvgIpc) is 3.26. The number of nitrogens with zero attached hydrogens (tertiary/aromatic N) is 4.